The average Bonchev–Trinajstić information content (AvgIpc) is 2.81. The number of nitrogens with one attached hydrogen (secondary N) is 1. The zero-order chi connectivity index (χ0) is 20.8. The zero-order valence-electron chi connectivity index (χ0n) is 16.6. The molecule has 30 heavy (non-hydrogen) atoms. The van der Waals surface area contributed by atoms with E-state index in [9.17, 15) is 4.79 Å². The highest BCUT2D eigenvalue weighted by atomic mass is 16.6. The lowest BCUT2D eigenvalue weighted by Crippen LogP contribution is -2.25. The average molecular weight is 402 g/mol. The number of carbonyl (C=O) groups is 1. The van der Waals surface area contributed by atoms with Crippen LogP contribution < -0.4 is 19.6 Å². The van der Waals surface area contributed by atoms with E-state index in [0.29, 0.717) is 36.2 Å². The minimum Gasteiger partial charge on any atom is -0.486 e. The van der Waals surface area contributed by atoms with Gasteiger partial charge in [-0.25, -0.2) is 5.43 Å². The SMILES string of the molecule is C/C(=N/NC(=O)COc1ccccc1-c1ccccc1)c1ccc2c(c1)OCCO2. The first-order valence-electron chi connectivity index (χ1n) is 9.71. The number of hydrogen-bond donors (Lipinski definition) is 1. The van der Waals surface area contributed by atoms with Crippen molar-refractivity contribution in [2.24, 2.45) is 5.10 Å². The lowest BCUT2D eigenvalue weighted by Gasteiger charge is -2.18. The van der Waals surface area contributed by atoms with E-state index in [-0.39, 0.29) is 12.5 Å². The second kappa shape index (κ2) is 9.13. The van der Waals surface area contributed by atoms with Gasteiger partial charge in [0.05, 0.1) is 5.71 Å². The van der Waals surface area contributed by atoms with Gasteiger partial charge in [-0.3, -0.25) is 4.79 Å². The van der Waals surface area contributed by atoms with E-state index in [1.54, 1.807) is 0 Å². The van der Waals surface area contributed by atoms with Gasteiger partial charge in [0.15, 0.2) is 18.1 Å². The summed E-state index contributed by atoms with van der Waals surface area (Å²) in [6.45, 7) is 2.74. The molecule has 6 nitrogen and oxygen atoms in total. The van der Waals surface area contributed by atoms with E-state index in [2.05, 4.69) is 10.5 Å². The van der Waals surface area contributed by atoms with Crippen molar-refractivity contribution in [2.75, 3.05) is 19.8 Å². The van der Waals surface area contributed by atoms with E-state index in [1.165, 1.54) is 0 Å². The smallest absolute Gasteiger partial charge is 0.277 e. The summed E-state index contributed by atoms with van der Waals surface area (Å²) in [4.78, 5) is 12.2. The van der Waals surface area contributed by atoms with Gasteiger partial charge in [-0.2, -0.15) is 5.10 Å². The monoisotopic (exact) mass is 402 g/mol. The van der Waals surface area contributed by atoms with Gasteiger partial charge in [0.2, 0.25) is 0 Å². The van der Waals surface area contributed by atoms with Crippen molar-refractivity contribution in [3.8, 4) is 28.4 Å². The second-order valence-corrected chi connectivity index (χ2v) is 6.74. The molecule has 3 aromatic rings. The van der Waals surface area contributed by atoms with Crippen molar-refractivity contribution in [1.82, 2.24) is 5.43 Å². The molecule has 0 atom stereocenters. The normalized spacial score (nSPS) is 12.9. The third kappa shape index (κ3) is 4.60. The molecule has 0 spiro atoms. The molecular formula is C24H22N2O4. The molecular weight excluding hydrogens is 380 g/mol. The van der Waals surface area contributed by atoms with Gasteiger partial charge < -0.3 is 14.2 Å². The van der Waals surface area contributed by atoms with Crippen LogP contribution in [0.4, 0.5) is 0 Å². The fourth-order valence-corrected chi connectivity index (χ4v) is 3.10. The summed E-state index contributed by atoms with van der Waals surface area (Å²) in [5, 5.41) is 4.18. The fraction of sp³-hybridized carbons (Fsp3) is 0.167. The summed E-state index contributed by atoms with van der Waals surface area (Å²) in [6.07, 6.45) is 0. The van der Waals surface area contributed by atoms with Crippen LogP contribution in [0.15, 0.2) is 77.9 Å². The quantitative estimate of drug-likeness (QED) is 0.499. The van der Waals surface area contributed by atoms with E-state index in [1.807, 2.05) is 79.7 Å². The predicted molar refractivity (Wildman–Crippen MR) is 115 cm³/mol. The van der Waals surface area contributed by atoms with Crippen LogP contribution in [0.25, 0.3) is 11.1 Å². The first-order valence-corrected chi connectivity index (χ1v) is 9.71. The molecule has 0 radical (unpaired) electrons. The molecule has 0 fully saturated rings. The number of hydrogen-bond acceptors (Lipinski definition) is 5. The Balaban J connectivity index is 1.38. The van der Waals surface area contributed by atoms with Crippen molar-refractivity contribution < 1.29 is 19.0 Å². The Hall–Kier alpha value is -3.80. The highest BCUT2D eigenvalue weighted by Crippen LogP contribution is 2.31. The number of carbonyl (C=O) groups excluding carboxylic acids is 1. The van der Waals surface area contributed by atoms with Crippen molar-refractivity contribution in [2.45, 2.75) is 6.92 Å². The Kier molecular flexibility index (Phi) is 5.94. The summed E-state index contributed by atoms with van der Waals surface area (Å²) in [6, 6.07) is 23.1. The summed E-state index contributed by atoms with van der Waals surface area (Å²) >= 11 is 0. The van der Waals surface area contributed by atoms with Gasteiger partial charge in [0.1, 0.15) is 19.0 Å². The van der Waals surface area contributed by atoms with Crippen LogP contribution in [-0.2, 0) is 4.79 Å². The Morgan fingerprint density at radius 3 is 2.53 bits per heavy atom. The first-order chi connectivity index (χ1) is 14.7. The minimum absolute atomic E-state index is 0.137. The van der Waals surface area contributed by atoms with Crippen LogP contribution in [0, 0.1) is 0 Å². The number of ether oxygens (including phenoxy) is 3. The lowest BCUT2D eigenvalue weighted by molar-refractivity contribution is -0.123. The van der Waals surface area contributed by atoms with Crippen molar-refractivity contribution in [3.63, 3.8) is 0 Å². The molecule has 0 saturated carbocycles. The molecule has 0 unspecified atom stereocenters. The molecule has 6 heteroatoms. The summed E-state index contributed by atoms with van der Waals surface area (Å²) in [5.41, 5.74) is 6.00. The van der Waals surface area contributed by atoms with E-state index in [4.69, 9.17) is 14.2 Å². The molecule has 1 heterocycles. The summed E-state index contributed by atoms with van der Waals surface area (Å²) in [7, 11) is 0. The maximum absolute atomic E-state index is 12.2. The maximum atomic E-state index is 12.2. The van der Waals surface area contributed by atoms with Gasteiger partial charge in [-0.15, -0.1) is 0 Å². The van der Waals surface area contributed by atoms with E-state index in [0.717, 1.165) is 16.7 Å². The lowest BCUT2D eigenvalue weighted by atomic mass is 10.1. The maximum Gasteiger partial charge on any atom is 0.277 e. The molecule has 1 amide bonds. The number of benzene rings is 3. The number of rotatable bonds is 6. The second-order valence-electron chi connectivity index (χ2n) is 6.74. The number of amides is 1. The molecule has 0 saturated heterocycles. The van der Waals surface area contributed by atoms with Gasteiger partial charge in [0.25, 0.3) is 5.91 Å². The van der Waals surface area contributed by atoms with Crippen molar-refractivity contribution >= 4 is 11.6 Å². The molecule has 4 rings (SSSR count). The molecule has 1 N–H and O–H groups in total. The number of hydrazone groups is 1. The molecule has 0 aromatic heterocycles. The van der Waals surface area contributed by atoms with Crippen LogP contribution in [0.5, 0.6) is 17.2 Å². The molecule has 1 aliphatic rings. The van der Waals surface area contributed by atoms with Crippen LogP contribution >= 0.6 is 0 Å². The van der Waals surface area contributed by atoms with Crippen LogP contribution in [0.2, 0.25) is 0 Å². The Labute approximate surface area is 175 Å². The largest absolute Gasteiger partial charge is 0.486 e. The minimum atomic E-state index is -0.338. The summed E-state index contributed by atoms with van der Waals surface area (Å²) in [5.74, 6) is 1.70. The van der Waals surface area contributed by atoms with Crippen LogP contribution in [-0.4, -0.2) is 31.4 Å². The topological polar surface area (TPSA) is 69.2 Å². The Morgan fingerprint density at radius 2 is 1.70 bits per heavy atom. The van der Waals surface area contributed by atoms with Crippen LogP contribution in [0.3, 0.4) is 0 Å². The third-order valence-electron chi connectivity index (χ3n) is 4.64. The number of fused-ring (bicyclic) bond motifs is 1. The number of nitrogens with zero attached hydrogens (tertiary/aromatic N) is 1. The molecule has 3 aromatic carbocycles. The zero-order valence-corrected chi connectivity index (χ0v) is 16.6. The molecule has 1 aliphatic heterocycles. The standard InChI is InChI=1S/C24H22N2O4/c1-17(19-11-12-22-23(15-19)29-14-13-28-22)25-26-24(27)16-30-21-10-6-5-9-20(21)18-7-3-2-4-8-18/h2-12,15H,13-14,16H2,1H3,(H,26,27)/b25-17-. The van der Waals surface area contributed by atoms with E-state index < -0.39 is 0 Å². The first kappa shape index (κ1) is 19.5. The van der Waals surface area contributed by atoms with Crippen LogP contribution in [0.1, 0.15) is 12.5 Å². The molecule has 152 valence electrons. The summed E-state index contributed by atoms with van der Waals surface area (Å²) < 4.78 is 16.9. The highest BCUT2D eigenvalue weighted by molar-refractivity contribution is 5.99. The van der Waals surface area contributed by atoms with Gasteiger partial charge >= 0.3 is 0 Å². The van der Waals surface area contributed by atoms with E-state index >= 15 is 0 Å². The van der Waals surface area contributed by atoms with Gasteiger partial charge in [-0.1, -0.05) is 48.5 Å². The fourth-order valence-electron chi connectivity index (χ4n) is 3.10. The predicted octanol–water partition coefficient (Wildman–Crippen LogP) is 4.04. The van der Waals surface area contributed by atoms with Gasteiger partial charge in [-0.05, 0) is 36.8 Å². The Morgan fingerprint density at radius 1 is 0.967 bits per heavy atom. The molecule has 0 bridgehead atoms. The van der Waals surface area contributed by atoms with Crippen molar-refractivity contribution in [1.29, 1.82) is 0 Å². The number of para-hydroxylation sites is 1. The Bertz CT molecular complexity index is 1060. The van der Waals surface area contributed by atoms with Crippen molar-refractivity contribution in [3.05, 3.63) is 78.4 Å². The molecule has 0 aliphatic carbocycles. The third-order valence-corrected chi connectivity index (χ3v) is 4.64. The highest BCUT2D eigenvalue weighted by Gasteiger charge is 2.13. The van der Waals surface area contributed by atoms with Gasteiger partial charge in [0, 0.05) is 11.1 Å².